The number of carbonyl (C=O) groups excluding carboxylic acids is 1. The third-order valence-electron chi connectivity index (χ3n) is 5.51. The number of amides is 1. The molecule has 0 aliphatic heterocycles. The monoisotopic (exact) mass is 465 g/mol. The number of hydrogen-bond donors (Lipinski definition) is 2. The lowest BCUT2D eigenvalue weighted by Crippen LogP contribution is -2.24. The van der Waals surface area contributed by atoms with Crippen molar-refractivity contribution >= 4 is 23.3 Å². The van der Waals surface area contributed by atoms with Gasteiger partial charge in [0.15, 0.2) is 5.76 Å². The van der Waals surface area contributed by atoms with Crippen LogP contribution in [0.3, 0.4) is 0 Å². The van der Waals surface area contributed by atoms with E-state index in [4.69, 9.17) is 20.8 Å². The Bertz CT molecular complexity index is 1390. The summed E-state index contributed by atoms with van der Waals surface area (Å²) in [5.41, 5.74) is 1.98. The lowest BCUT2D eigenvalue weighted by Gasteiger charge is -2.15. The van der Waals surface area contributed by atoms with Crippen molar-refractivity contribution in [3.8, 4) is 23.2 Å². The molecule has 1 aliphatic rings. The molecule has 3 aromatic heterocycles. The van der Waals surface area contributed by atoms with Gasteiger partial charge in [-0.25, -0.2) is 4.98 Å². The van der Waals surface area contributed by atoms with E-state index in [9.17, 15) is 9.59 Å². The van der Waals surface area contributed by atoms with Crippen LogP contribution in [0, 0.1) is 0 Å². The van der Waals surface area contributed by atoms with Gasteiger partial charge in [-0.2, -0.15) is 9.78 Å². The Kier molecular flexibility index (Phi) is 5.47. The molecule has 1 aliphatic carbocycles. The van der Waals surface area contributed by atoms with E-state index in [-0.39, 0.29) is 17.1 Å². The van der Waals surface area contributed by atoms with E-state index in [1.54, 1.807) is 30.3 Å². The molecule has 0 saturated heterocycles. The molecule has 0 spiro atoms. The number of benzene rings is 1. The number of ether oxygens (including phenoxy) is 1. The molecule has 0 unspecified atom stereocenters. The zero-order chi connectivity index (χ0) is 22.9. The van der Waals surface area contributed by atoms with Gasteiger partial charge in [0.1, 0.15) is 17.3 Å². The Morgan fingerprint density at radius 3 is 2.88 bits per heavy atom. The molecule has 1 aromatic carbocycles. The highest BCUT2D eigenvalue weighted by Gasteiger charge is 2.22. The quantitative estimate of drug-likeness (QED) is 0.460. The summed E-state index contributed by atoms with van der Waals surface area (Å²) < 4.78 is 12.2. The summed E-state index contributed by atoms with van der Waals surface area (Å²) in [7, 11) is 1.47. The van der Waals surface area contributed by atoms with Crippen LogP contribution in [0.2, 0.25) is 5.02 Å². The van der Waals surface area contributed by atoms with Gasteiger partial charge < -0.3 is 14.5 Å². The van der Waals surface area contributed by atoms with E-state index in [2.05, 4.69) is 20.4 Å². The van der Waals surface area contributed by atoms with E-state index in [1.807, 2.05) is 0 Å². The Morgan fingerprint density at radius 2 is 2.09 bits per heavy atom. The number of fused-ring (bicyclic) bond motifs is 1. The molecular weight excluding hydrogens is 446 g/mol. The van der Waals surface area contributed by atoms with Gasteiger partial charge in [0.25, 0.3) is 11.5 Å². The van der Waals surface area contributed by atoms with Crippen LogP contribution < -0.4 is 15.6 Å². The van der Waals surface area contributed by atoms with Crippen molar-refractivity contribution in [3.05, 3.63) is 74.9 Å². The molecule has 0 radical (unpaired) electrons. The standard InChI is InChI=1S/C23H20ClN5O4/c1-32-18-9-8-13(24)11-15(18)22(31)26-20-12-17(19-7-4-10-33-19)28-29(20)23-25-16-6-3-2-5-14(16)21(30)27-23/h4,7-12H,2-3,5-6H2,1H3,(H,26,31)(H,25,27,30). The number of aromatic amines is 1. The highest BCUT2D eigenvalue weighted by molar-refractivity contribution is 6.31. The third-order valence-corrected chi connectivity index (χ3v) is 5.75. The molecule has 2 N–H and O–H groups in total. The minimum Gasteiger partial charge on any atom is -0.496 e. The number of methoxy groups -OCH3 is 1. The topological polar surface area (TPSA) is 115 Å². The molecule has 9 nitrogen and oxygen atoms in total. The summed E-state index contributed by atoms with van der Waals surface area (Å²) in [6.07, 6.45) is 4.89. The zero-order valence-corrected chi connectivity index (χ0v) is 18.5. The first-order chi connectivity index (χ1) is 16.0. The summed E-state index contributed by atoms with van der Waals surface area (Å²) in [5, 5.41) is 7.76. The third kappa shape index (κ3) is 4.03. The molecule has 33 heavy (non-hydrogen) atoms. The van der Waals surface area contributed by atoms with Crippen LogP contribution in [0.1, 0.15) is 34.5 Å². The number of hydrogen-bond acceptors (Lipinski definition) is 6. The van der Waals surface area contributed by atoms with Gasteiger partial charge in [-0.05, 0) is 56.0 Å². The van der Waals surface area contributed by atoms with Crippen molar-refractivity contribution in [2.75, 3.05) is 12.4 Å². The lowest BCUT2D eigenvalue weighted by molar-refractivity contribution is 0.102. The van der Waals surface area contributed by atoms with Crippen LogP contribution >= 0.6 is 11.6 Å². The number of furan rings is 1. The summed E-state index contributed by atoms with van der Waals surface area (Å²) in [4.78, 5) is 33.3. The molecule has 0 saturated carbocycles. The first kappa shape index (κ1) is 21.0. The highest BCUT2D eigenvalue weighted by atomic mass is 35.5. The van der Waals surface area contributed by atoms with Crippen LogP contribution in [0.4, 0.5) is 5.82 Å². The molecule has 5 rings (SSSR count). The number of nitrogens with one attached hydrogen (secondary N) is 2. The van der Waals surface area contributed by atoms with Gasteiger partial charge in [0, 0.05) is 16.7 Å². The van der Waals surface area contributed by atoms with E-state index < -0.39 is 5.91 Å². The Hall–Kier alpha value is -3.85. The smallest absolute Gasteiger partial charge is 0.260 e. The van der Waals surface area contributed by atoms with Crippen LogP contribution in [0.25, 0.3) is 17.4 Å². The minimum absolute atomic E-state index is 0.196. The second-order valence-corrected chi connectivity index (χ2v) is 8.06. The Balaban J connectivity index is 1.59. The van der Waals surface area contributed by atoms with Crippen LogP contribution in [0.5, 0.6) is 5.75 Å². The van der Waals surface area contributed by atoms with E-state index in [0.29, 0.717) is 40.0 Å². The molecule has 0 fully saturated rings. The van der Waals surface area contributed by atoms with Crippen LogP contribution in [-0.4, -0.2) is 32.8 Å². The number of halogens is 1. The number of H-pyrrole nitrogens is 1. The fourth-order valence-corrected chi connectivity index (χ4v) is 4.08. The number of carbonyl (C=O) groups is 1. The van der Waals surface area contributed by atoms with Crippen molar-refractivity contribution in [2.24, 2.45) is 0 Å². The predicted molar refractivity (Wildman–Crippen MR) is 122 cm³/mol. The molecule has 168 valence electrons. The number of rotatable bonds is 5. The molecular formula is C23H20ClN5O4. The Morgan fingerprint density at radius 1 is 1.24 bits per heavy atom. The molecule has 1 amide bonds. The average Bonchev–Trinajstić information content (AvgIpc) is 3.49. The van der Waals surface area contributed by atoms with Crippen molar-refractivity contribution in [2.45, 2.75) is 25.7 Å². The lowest BCUT2D eigenvalue weighted by atomic mass is 9.97. The fourth-order valence-electron chi connectivity index (χ4n) is 3.91. The van der Waals surface area contributed by atoms with Gasteiger partial charge >= 0.3 is 0 Å². The van der Waals surface area contributed by atoms with Gasteiger partial charge in [-0.3, -0.25) is 14.6 Å². The summed E-state index contributed by atoms with van der Waals surface area (Å²) in [6.45, 7) is 0. The molecule has 0 atom stereocenters. The maximum absolute atomic E-state index is 13.1. The largest absolute Gasteiger partial charge is 0.496 e. The minimum atomic E-state index is -0.457. The molecule has 4 aromatic rings. The Labute approximate surface area is 193 Å². The molecule has 3 heterocycles. The normalized spacial score (nSPS) is 12.9. The maximum Gasteiger partial charge on any atom is 0.260 e. The molecule has 10 heteroatoms. The zero-order valence-electron chi connectivity index (χ0n) is 17.7. The van der Waals surface area contributed by atoms with Crippen molar-refractivity contribution in [3.63, 3.8) is 0 Å². The second-order valence-electron chi connectivity index (χ2n) is 7.62. The summed E-state index contributed by atoms with van der Waals surface area (Å²) in [5.74, 6) is 0.931. The first-order valence-corrected chi connectivity index (χ1v) is 10.8. The SMILES string of the molecule is COc1ccc(Cl)cc1C(=O)Nc1cc(-c2ccco2)nn1-c1nc2c(c(=O)[nH]1)CCCC2. The van der Waals surface area contributed by atoms with E-state index >= 15 is 0 Å². The van der Waals surface area contributed by atoms with Crippen molar-refractivity contribution in [1.82, 2.24) is 19.7 Å². The first-order valence-electron chi connectivity index (χ1n) is 10.4. The number of anilines is 1. The molecule has 0 bridgehead atoms. The summed E-state index contributed by atoms with van der Waals surface area (Å²) >= 11 is 6.09. The highest BCUT2D eigenvalue weighted by Crippen LogP contribution is 2.27. The fraction of sp³-hybridized carbons (Fsp3) is 0.217. The van der Waals surface area contributed by atoms with Crippen LogP contribution in [0.15, 0.2) is 51.9 Å². The summed E-state index contributed by atoms with van der Waals surface area (Å²) in [6, 6.07) is 9.91. The van der Waals surface area contributed by atoms with E-state index in [1.165, 1.54) is 24.1 Å². The number of nitrogens with zero attached hydrogens (tertiary/aromatic N) is 3. The predicted octanol–water partition coefficient (Wildman–Crippen LogP) is 4.01. The average molecular weight is 466 g/mol. The number of aryl methyl sites for hydroxylation is 1. The van der Waals surface area contributed by atoms with Gasteiger partial charge in [-0.15, -0.1) is 0 Å². The van der Waals surface area contributed by atoms with Crippen molar-refractivity contribution in [1.29, 1.82) is 0 Å². The van der Waals surface area contributed by atoms with Gasteiger partial charge in [0.2, 0.25) is 5.95 Å². The van der Waals surface area contributed by atoms with Crippen LogP contribution in [-0.2, 0) is 12.8 Å². The van der Waals surface area contributed by atoms with Crippen molar-refractivity contribution < 1.29 is 13.9 Å². The van der Waals surface area contributed by atoms with Gasteiger partial charge in [-0.1, -0.05) is 11.6 Å². The van der Waals surface area contributed by atoms with Gasteiger partial charge in [0.05, 0.1) is 24.6 Å². The maximum atomic E-state index is 13.1. The second kappa shape index (κ2) is 8.59. The number of aromatic nitrogens is 4. The van der Waals surface area contributed by atoms with E-state index in [0.717, 1.165) is 25.0 Å².